The minimum absolute atomic E-state index is 0.0250. The Morgan fingerprint density at radius 2 is 2.28 bits per heavy atom. The Balaban J connectivity index is 2.61. The van der Waals surface area contributed by atoms with Gasteiger partial charge in [0.25, 0.3) is 0 Å². The summed E-state index contributed by atoms with van der Waals surface area (Å²) in [6.07, 6.45) is 0. The van der Waals surface area contributed by atoms with Crippen LogP contribution in [0.15, 0.2) is 18.2 Å². The van der Waals surface area contributed by atoms with E-state index in [1.807, 2.05) is 13.0 Å². The van der Waals surface area contributed by atoms with Gasteiger partial charge in [0.15, 0.2) is 11.6 Å². The molecule has 18 heavy (non-hydrogen) atoms. The average molecular weight is 252 g/mol. The summed E-state index contributed by atoms with van der Waals surface area (Å²) >= 11 is 0. The molecule has 0 saturated carbocycles. The van der Waals surface area contributed by atoms with Gasteiger partial charge < -0.3 is 15.2 Å². The van der Waals surface area contributed by atoms with Gasteiger partial charge in [-0.05, 0) is 31.7 Å². The lowest BCUT2D eigenvalue weighted by molar-refractivity contribution is 0.0116. The summed E-state index contributed by atoms with van der Waals surface area (Å²) in [5.41, 5.74) is -0.838. The van der Waals surface area contributed by atoms with Crippen molar-refractivity contribution in [3.05, 3.63) is 29.6 Å². The highest BCUT2D eigenvalue weighted by Gasteiger charge is 2.21. The lowest BCUT2D eigenvalue weighted by Gasteiger charge is -2.23. The van der Waals surface area contributed by atoms with Crippen LogP contribution in [0.4, 0.5) is 4.39 Å². The Morgan fingerprint density at radius 3 is 2.83 bits per heavy atom. The number of hydrogen-bond acceptors (Lipinski definition) is 4. The Morgan fingerprint density at radius 1 is 1.56 bits per heavy atom. The normalized spacial score (nSPS) is 13.7. The van der Waals surface area contributed by atoms with Crippen LogP contribution in [0.5, 0.6) is 5.75 Å². The summed E-state index contributed by atoms with van der Waals surface area (Å²) in [6.45, 7) is 4.61. The highest BCUT2D eigenvalue weighted by Crippen LogP contribution is 2.19. The molecule has 1 aromatic carbocycles. The predicted molar refractivity (Wildman–Crippen MR) is 65.8 cm³/mol. The summed E-state index contributed by atoms with van der Waals surface area (Å²) in [4.78, 5) is 0. The number of nitrogens with zero attached hydrogens (tertiary/aromatic N) is 1. The van der Waals surface area contributed by atoms with Crippen molar-refractivity contribution in [2.24, 2.45) is 0 Å². The van der Waals surface area contributed by atoms with Crippen molar-refractivity contribution in [1.82, 2.24) is 5.32 Å². The van der Waals surface area contributed by atoms with Gasteiger partial charge >= 0.3 is 0 Å². The van der Waals surface area contributed by atoms with Crippen LogP contribution in [0.2, 0.25) is 0 Å². The highest BCUT2D eigenvalue weighted by molar-refractivity contribution is 5.36. The Kier molecular flexibility index (Phi) is 5.08. The molecule has 0 saturated heterocycles. The molecule has 1 atom stereocenters. The van der Waals surface area contributed by atoms with Gasteiger partial charge in [-0.3, -0.25) is 0 Å². The van der Waals surface area contributed by atoms with Crippen LogP contribution in [0.25, 0.3) is 0 Å². The van der Waals surface area contributed by atoms with E-state index in [0.717, 1.165) is 12.6 Å². The second kappa shape index (κ2) is 6.34. The molecule has 2 N–H and O–H groups in total. The SMILES string of the molecule is CCNCC(C)(O)COc1ccc(C#N)cc1F. The summed E-state index contributed by atoms with van der Waals surface area (Å²) in [6, 6.07) is 5.80. The largest absolute Gasteiger partial charge is 0.487 e. The van der Waals surface area contributed by atoms with Crippen LogP contribution in [-0.2, 0) is 0 Å². The fourth-order valence-electron chi connectivity index (χ4n) is 1.37. The third kappa shape index (κ3) is 4.32. The monoisotopic (exact) mass is 252 g/mol. The number of nitriles is 1. The molecule has 0 aromatic heterocycles. The lowest BCUT2D eigenvalue weighted by Crippen LogP contribution is -2.42. The number of rotatable bonds is 6. The van der Waals surface area contributed by atoms with Crippen molar-refractivity contribution in [3.63, 3.8) is 0 Å². The van der Waals surface area contributed by atoms with E-state index in [9.17, 15) is 9.50 Å². The number of nitrogens with one attached hydrogen (secondary N) is 1. The molecule has 4 nitrogen and oxygen atoms in total. The zero-order valence-electron chi connectivity index (χ0n) is 10.5. The van der Waals surface area contributed by atoms with E-state index in [4.69, 9.17) is 10.00 Å². The van der Waals surface area contributed by atoms with Crippen LogP contribution in [0, 0.1) is 17.1 Å². The first-order valence-electron chi connectivity index (χ1n) is 5.74. The zero-order chi connectivity index (χ0) is 13.6. The fourth-order valence-corrected chi connectivity index (χ4v) is 1.37. The van der Waals surface area contributed by atoms with E-state index in [-0.39, 0.29) is 17.9 Å². The molecule has 0 radical (unpaired) electrons. The van der Waals surface area contributed by atoms with E-state index < -0.39 is 11.4 Å². The molecule has 0 fully saturated rings. The van der Waals surface area contributed by atoms with Crippen LogP contribution >= 0.6 is 0 Å². The van der Waals surface area contributed by atoms with Crippen LogP contribution < -0.4 is 10.1 Å². The molecule has 0 amide bonds. The second-order valence-electron chi connectivity index (χ2n) is 4.32. The topological polar surface area (TPSA) is 65.3 Å². The van der Waals surface area contributed by atoms with E-state index in [0.29, 0.717) is 6.54 Å². The van der Waals surface area contributed by atoms with Gasteiger partial charge in [-0.1, -0.05) is 6.92 Å². The van der Waals surface area contributed by atoms with Crippen LogP contribution in [-0.4, -0.2) is 30.4 Å². The summed E-state index contributed by atoms with van der Waals surface area (Å²) in [5.74, 6) is -0.570. The molecule has 0 aliphatic rings. The maximum atomic E-state index is 13.5. The first-order valence-corrected chi connectivity index (χ1v) is 5.74. The number of ether oxygens (including phenoxy) is 1. The number of benzene rings is 1. The first-order chi connectivity index (χ1) is 8.48. The van der Waals surface area contributed by atoms with Crippen molar-refractivity contribution in [2.45, 2.75) is 19.4 Å². The van der Waals surface area contributed by atoms with E-state index in [2.05, 4.69) is 5.32 Å². The van der Waals surface area contributed by atoms with Gasteiger partial charge in [-0.15, -0.1) is 0 Å². The molecule has 0 aliphatic heterocycles. The molecule has 0 heterocycles. The Bertz CT molecular complexity index is 441. The molecule has 1 rings (SSSR count). The standard InChI is InChI=1S/C13H17FN2O2/c1-3-16-8-13(2,17)9-18-12-5-4-10(7-15)6-11(12)14/h4-6,16-17H,3,8-9H2,1-2H3. The fraction of sp³-hybridized carbons (Fsp3) is 0.462. The molecule has 98 valence electrons. The van der Waals surface area contributed by atoms with Gasteiger partial charge in [0.1, 0.15) is 12.2 Å². The lowest BCUT2D eigenvalue weighted by atomic mass is 10.1. The molecular weight excluding hydrogens is 235 g/mol. The second-order valence-corrected chi connectivity index (χ2v) is 4.32. The van der Waals surface area contributed by atoms with Crippen LogP contribution in [0.3, 0.4) is 0 Å². The molecule has 0 spiro atoms. The minimum atomic E-state index is -1.07. The molecular formula is C13H17FN2O2. The van der Waals surface area contributed by atoms with Crippen LogP contribution in [0.1, 0.15) is 19.4 Å². The van der Waals surface area contributed by atoms with Crippen molar-refractivity contribution >= 4 is 0 Å². The minimum Gasteiger partial charge on any atom is -0.487 e. The Hall–Kier alpha value is -1.64. The van der Waals surface area contributed by atoms with Gasteiger partial charge in [0.05, 0.1) is 11.6 Å². The third-order valence-corrected chi connectivity index (χ3v) is 2.36. The zero-order valence-corrected chi connectivity index (χ0v) is 10.5. The molecule has 1 aromatic rings. The predicted octanol–water partition coefficient (Wildman–Crippen LogP) is 1.44. The van der Waals surface area contributed by atoms with Crippen molar-refractivity contribution in [1.29, 1.82) is 5.26 Å². The average Bonchev–Trinajstić information content (AvgIpc) is 2.35. The van der Waals surface area contributed by atoms with Gasteiger partial charge in [-0.2, -0.15) is 5.26 Å². The quantitative estimate of drug-likeness (QED) is 0.804. The summed E-state index contributed by atoms with van der Waals surface area (Å²) in [5, 5.41) is 21.5. The number of aliphatic hydroxyl groups is 1. The molecule has 0 bridgehead atoms. The van der Waals surface area contributed by atoms with Gasteiger partial charge in [-0.25, -0.2) is 4.39 Å². The summed E-state index contributed by atoms with van der Waals surface area (Å²) in [7, 11) is 0. The number of likely N-dealkylation sites (N-methyl/N-ethyl adjacent to an activating group) is 1. The van der Waals surface area contributed by atoms with E-state index in [1.165, 1.54) is 12.1 Å². The molecule has 0 aliphatic carbocycles. The van der Waals surface area contributed by atoms with Crippen molar-refractivity contribution in [3.8, 4) is 11.8 Å². The molecule has 1 unspecified atom stereocenters. The number of halogens is 1. The van der Waals surface area contributed by atoms with Crippen molar-refractivity contribution < 1.29 is 14.2 Å². The van der Waals surface area contributed by atoms with E-state index in [1.54, 1.807) is 6.92 Å². The summed E-state index contributed by atoms with van der Waals surface area (Å²) < 4.78 is 18.7. The maximum absolute atomic E-state index is 13.5. The molecule has 5 heteroatoms. The first kappa shape index (κ1) is 14.4. The highest BCUT2D eigenvalue weighted by atomic mass is 19.1. The smallest absolute Gasteiger partial charge is 0.166 e. The van der Waals surface area contributed by atoms with Crippen molar-refractivity contribution in [2.75, 3.05) is 19.7 Å². The van der Waals surface area contributed by atoms with E-state index >= 15 is 0 Å². The van der Waals surface area contributed by atoms with Gasteiger partial charge in [0, 0.05) is 6.54 Å². The Labute approximate surface area is 106 Å². The third-order valence-electron chi connectivity index (χ3n) is 2.36. The number of hydrogen-bond donors (Lipinski definition) is 2. The maximum Gasteiger partial charge on any atom is 0.166 e. The van der Waals surface area contributed by atoms with Gasteiger partial charge in [0.2, 0.25) is 0 Å².